The van der Waals surface area contributed by atoms with Crippen molar-refractivity contribution < 1.29 is 37.9 Å². The minimum absolute atomic E-state index is 0.514. The molecule has 0 radical (unpaired) electrons. The molecule has 0 saturated heterocycles. The predicted octanol–water partition coefficient (Wildman–Crippen LogP) is 5.57. The summed E-state index contributed by atoms with van der Waals surface area (Å²) in [4.78, 5) is 0. The quantitative estimate of drug-likeness (QED) is 0.0783. The summed E-state index contributed by atoms with van der Waals surface area (Å²) in [6.07, 6.45) is 16.3. The van der Waals surface area contributed by atoms with E-state index in [2.05, 4.69) is 13.5 Å². The first-order valence-corrected chi connectivity index (χ1v) is 14.7. The van der Waals surface area contributed by atoms with E-state index in [1.54, 1.807) is 0 Å². The van der Waals surface area contributed by atoms with Crippen molar-refractivity contribution in [1.29, 1.82) is 0 Å². The summed E-state index contributed by atoms with van der Waals surface area (Å²) in [5, 5.41) is 0. The molecule has 37 heavy (non-hydrogen) atoms. The number of rotatable bonds is 34. The standard InChI is InChI=1S/C29H58O8/c1-3-5-6-7-8-9-10-11-12-13-14-15-31-18-19-33-22-23-35-26-27-37-29-28-36-25-24-34-21-20-32-17-16-30-4-2/h4H,2-3,5-29H2,1H3. The lowest BCUT2D eigenvalue weighted by molar-refractivity contribution is -0.0217. The molecule has 0 rings (SSSR count). The molecule has 8 nitrogen and oxygen atoms in total. The Morgan fingerprint density at radius 2 is 0.622 bits per heavy atom. The Bertz CT molecular complexity index is 411. The second-order valence-electron chi connectivity index (χ2n) is 8.86. The summed E-state index contributed by atoms with van der Waals surface area (Å²) in [6.45, 7) is 14.4. The Labute approximate surface area is 227 Å². The smallest absolute Gasteiger partial charge is 0.111 e. The van der Waals surface area contributed by atoms with Gasteiger partial charge in [-0.05, 0) is 6.42 Å². The molecular formula is C29H58O8. The van der Waals surface area contributed by atoms with Gasteiger partial charge >= 0.3 is 0 Å². The van der Waals surface area contributed by atoms with Gasteiger partial charge in [0.05, 0.1) is 92.2 Å². The van der Waals surface area contributed by atoms with E-state index in [1.165, 1.54) is 70.5 Å². The molecule has 0 N–H and O–H groups in total. The van der Waals surface area contributed by atoms with Gasteiger partial charge in [-0.2, -0.15) is 0 Å². The Morgan fingerprint density at radius 3 is 0.946 bits per heavy atom. The normalized spacial score (nSPS) is 11.3. The molecule has 0 aliphatic heterocycles. The molecule has 0 unspecified atom stereocenters. The maximum absolute atomic E-state index is 5.64. The van der Waals surface area contributed by atoms with Crippen LogP contribution in [-0.2, 0) is 37.9 Å². The monoisotopic (exact) mass is 534 g/mol. The van der Waals surface area contributed by atoms with Crippen LogP contribution in [0.5, 0.6) is 0 Å². The summed E-state index contributed by atoms with van der Waals surface area (Å²) >= 11 is 0. The van der Waals surface area contributed by atoms with Crippen molar-refractivity contribution in [2.75, 3.05) is 99.1 Å². The van der Waals surface area contributed by atoms with E-state index in [4.69, 9.17) is 37.9 Å². The Hall–Kier alpha value is -0.740. The molecule has 0 bridgehead atoms. The first-order chi connectivity index (χ1) is 18.4. The number of ether oxygens (including phenoxy) is 8. The van der Waals surface area contributed by atoms with Crippen LogP contribution in [0.25, 0.3) is 0 Å². The average molecular weight is 535 g/mol. The third-order valence-corrected chi connectivity index (χ3v) is 5.59. The lowest BCUT2D eigenvalue weighted by Crippen LogP contribution is -2.14. The topological polar surface area (TPSA) is 73.8 Å². The van der Waals surface area contributed by atoms with Gasteiger partial charge in [0.1, 0.15) is 6.61 Å². The van der Waals surface area contributed by atoms with Gasteiger partial charge in [0.25, 0.3) is 0 Å². The Morgan fingerprint density at radius 1 is 0.351 bits per heavy atom. The van der Waals surface area contributed by atoms with Crippen molar-refractivity contribution >= 4 is 0 Å². The maximum atomic E-state index is 5.64. The molecular weight excluding hydrogens is 476 g/mol. The van der Waals surface area contributed by atoms with E-state index < -0.39 is 0 Å². The lowest BCUT2D eigenvalue weighted by Gasteiger charge is -2.08. The molecule has 0 saturated carbocycles. The molecule has 0 aliphatic carbocycles. The van der Waals surface area contributed by atoms with Crippen LogP contribution >= 0.6 is 0 Å². The summed E-state index contributed by atoms with van der Waals surface area (Å²) in [5.74, 6) is 0. The van der Waals surface area contributed by atoms with E-state index in [-0.39, 0.29) is 0 Å². The van der Waals surface area contributed by atoms with Gasteiger partial charge in [0, 0.05) is 6.61 Å². The zero-order chi connectivity index (χ0) is 26.7. The van der Waals surface area contributed by atoms with Gasteiger partial charge in [0.2, 0.25) is 0 Å². The summed E-state index contributed by atoms with van der Waals surface area (Å²) in [7, 11) is 0. The maximum Gasteiger partial charge on any atom is 0.111 e. The molecule has 0 aromatic heterocycles. The second kappa shape index (κ2) is 35.3. The second-order valence-corrected chi connectivity index (χ2v) is 8.86. The fourth-order valence-corrected chi connectivity index (χ4v) is 3.48. The molecule has 0 aromatic carbocycles. The van der Waals surface area contributed by atoms with E-state index in [1.807, 2.05) is 0 Å². The largest absolute Gasteiger partial charge is 0.499 e. The number of unbranched alkanes of at least 4 members (excludes halogenated alkanes) is 10. The third-order valence-electron chi connectivity index (χ3n) is 5.59. The van der Waals surface area contributed by atoms with Crippen LogP contribution in [0.4, 0.5) is 0 Å². The van der Waals surface area contributed by atoms with Crippen molar-refractivity contribution in [3.8, 4) is 0 Å². The van der Waals surface area contributed by atoms with Gasteiger partial charge in [-0.1, -0.05) is 77.7 Å². The van der Waals surface area contributed by atoms with E-state index in [0.29, 0.717) is 92.5 Å². The fourth-order valence-electron chi connectivity index (χ4n) is 3.48. The SMILES string of the molecule is C=COCCOCCOCCOCCOCCOCCOCCOCCCCCCCCCCCCC. The molecule has 0 aliphatic rings. The first kappa shape index (κ1) is 36.3. The molecule has 0 aromatic rings. The van der Waals surface area contributed by atoms with Crippen LogP contribution in [0.3, 0.4) is 0 Å². The highest BCUT2D eigenvalue weighted by atomic mass is 16.6. The van der Waals surface area contributed by atoms with Crippen molar-refractivity contribution in [1.82, 2.24) is 0 Å². The minimum atomic E-state index is 0.514. The summed E-state index contributed by atoms with van der Waals surface area (Å²) in [6, 6.07) is 0. The van der Waals surface area contributed by atoms with Crippen molar-refractivity contribution in [3.63, 3.8) is 0 Å². The zero-order valence-corrected chi connectivity index (χ0v) is 23.9. The third kappa shape index (κ3) is 35.3. The minimum Gasteiger partial charge on any atom is -0.499 e. The number of hydrogen-bond donors (Lipinski definition) is 0. The predicted molar refractivity (Wildman–Crippen MR) is 148 cm³/mol. The Balaban J connectivity index is 3.01. The molecule has 8 heteroatoms. The lowest BCUT2D eigenvalue weighted by atomic mass is 10.1. The molecule has 0 spiro atoms. The van der Waals surface area contributed by atoms with Crippen LogP contribution in [0.2, 0.25) is 0 Å². The van der Waals surface area contributed by atoms with Crippen LogP contribution in [0, 0.1) is 0 Å². The molecule has 0 atom stereocenters. The van der Waals surface area contributed by atoms with Crippen LogP contribution < -0.4 is 0 Å². The van der Waals surface area contributed by atoms with Crippen LogP contribution in [0.15, 0.2) is 12.8 Å². The highest BCUT2D eigenvalue weighted by Crippen LogP contribution is 2.11. The molecule has 222 valence electrons. The van der Waals surface area contributed by atoms with Crippen molar-refractivity contribution in [2.45, 2.75) is 77.6 Å². The van der Waals surface area contributed by atoms with Gasteiger partial charge in [0.15, 0.2) is 0 Å². The van der Waals surface area contributed by atoms with E-state index >= 15 is 0 Å². The summed E-state index contributed by atoms with van der Waals surface area (Å²) in [5.41, 5.74) is 0. The van der Waals surface area contributed by atoms with E-state index in [0.717, 1.165) is 13.0 Å². The fraction of sp³-hybridized carbons (Fsp3) is 0.931. The molecule has 0 fully saturated rings. The van der Waals surface area contributed by atoms with Gasteiger partial charge in [-0.25, -0.2) is 0 Å². The molecule has 0 heterocycles. The molecule has 0 amide bonds. The van der Waals surface area contributed by atoms with Gasteiger partial charge in [-0.15, -0.1) is 0 Å². The first-order valence-electron chi connectivity index (χ1n) is 14.7. The van der Waals surface area contributed by atoms with Crippen molar-refractivity contribution in [2.24, 2.45) is 0 Å². The van der Waals surface area contributed by atoms with Crippen LogP contribution in [0.1, 0.15) is 77.6 Å². The average Bonchev–Trinajstić information content (AvgIpc) is 2.91. The van der Waals surface area contributed by atoms with E-state index in [9.17, 15) is 0 Å². The van der Waals surface area contributed by atoms with Gasteiger partial charge in [-0.3, -0.25) is 0 Å². The zero-order valence-electron chi connectivity index (χ0n) is 23.9. The van der Waals surface area contributed by atoms with Crippen molar-refractivity contribution in [3.05, 3.63) is 12.8 Å². The Kier molecular flexibility index (Phi) is 34.6. The summed E-state index contributed by atoms with van der Waals surface area (Å²) < 4.78 is 43.2. The highest BCUT2D eigenvalue weighted by Gasteiger charge is 1.96. The number of hydrogen-bond acceptors (Lipinski definition) is 8. The highest BCUT2D eigenvalue weighted by molar-refractivity contribution is 4.49. The van der Waals surface area contributed by atoms with Crippen LogP contribution in [-0.4, -0.2) is 99.1 Å². The van der Waals surface area contributed by atoms with Gasteiger partial charge < -0.3 is 37.9 Å².